The van der Waals surface area contributed by atoms with Crippen LogP contribution in [-0.4, -0.2) is 0 Å². The molecular formula is C38H28N2. The normalized spacial score (nSPS) is 10.3. The van der Waals surface area contributed by atoms with Crippen LogP contribution >= 0.6 is 0 Å². The molecule has 2 nitrogen and oxygen atoms in total. The van der Waals surface area contributed by atoms with Crippen LogP contribution in [0.15, 0.2) is 170 Å². The van der Waals surface area contributed by atoms with Crippen LogP contribution in [0.25, 0.3) is 0 Å². The summed E-state index contributed by atoms with van der Waals surface area (Å²) in [5, 5.41) is 0. The first-order valence-electron chi connectivity index (χ1n) is 13.4. The summed E-state index contributed by atoms with van der Waals surface area (Å²) in [5.41, 5.74) is 8.54. The molecular weight excluding hydrogens is 484 g/mol. The SMILES string of the molecule is C(#Cc1cccc(N(c2ccccc2)c2ccccc2)c1)c1ccc(N(c2ccccc2)c2ccccc2)cc1. The van der Waals surface area contributed by atoms with Crippen LogP contribution in [0.4, 0.5) is 34.1 Å². The first-order chi connectivity index (χ1) is 19.8. The average molecular weight is 513 g/mol. The summed E-state index contributed by atoms with van der Waals surface area (Å²) in [6.07, 6.45) is 0. The number of hydrogen-bond acceptors (Lipinski definition) is 2. The van der Waals surface area contributed by atoms with Crippen molar-refractivity contribution in [2.45, 2.75) is 0 Å². The number of rotatable bonds is 6. The molecule has 0 aliphatic rings. The molecule has 0 amide bonds. The van der Waals surface area contributed by atoms with Crippen molar-refractivity contribution < 1.29 is 0 Å². The Hall–Kier alpha value is -5.52. The van der Waals surface area contributed by atoms with E-state index in [1.165, 1.54) is 0 Å². The fourth-order valence-corrected chi connectivity index (χ4v) is 4.76. The molecule has 0 heterocycles. The van der Waals surface area contributed by atoms with Gasteiger partial charge in [0.1, 0.15) is 0 Å². The minimum absolute atomic E-state index is 0.966. The van der Waals surface area contributed by atoms with Crippen molar-refractivity contribution in [2.24, 2.45) is 0 Å². The summed E-state index contributed by atoms with van der Waals surface area (Å²) >= 11 is 0. The van der Waals surface area contributed by atoms with Gasteiger partial charge in [-0.25, -0.2) is 0 Å². The van der Waals surface area contributed by atoms with Gasteiger partial charge in [-0.05, 0) is 91.0 Å². The fourth-order valence-electron chi connectivity index (χ4n) is 4.76. The first-order valence-corrected chi connectivity index (χ1v) is 13.4. The standard InChI is InChI=1S/C38H28N2/c1-5-15-33(16-6-1)39(34-17-7-2-8-18-34)37-28-26-31(27-29-37)24-25-32-14-13-23-38(30-32)40(35-19-9-3-10-20-35)36-21-11-4-12-22-36/h1-23,26-30H. The second-order valence-electron chi connectivity index (χ2n) is 9.36. The van der Waals surface area contributed by atoms with Crippen LogP contribution in [0.5, 0.6) is 0 Å². The van der Waals surface area contributed by atoms with Gasteiger partial charge in [0.2, 0.25) is 0 Å². The topological polar surface area (TPSA) is 6.48 Å². The molecule has 40 heavy (non-hydrogen) atoms. The van der Waals surface area contributed by atoms with Crippen LogP contribution in [0, 0.1) is 11.8 Å². The van der Waals surface area contributed by atoms with E-state index in [1.807, 2.05) is 24.3 Å². The van der Waals surface area contributed by atoms with Gasteiger partial charge < -0.3 is 9.80 Å². The van der Waals surface area contributed by atoms with E-state index in [9.17, 15) is 0 Å². The van der Waals surface area contributed by atoms with E-state index in [0.29, 0.717) is 0 Å². The van der Waals surface area contributed by atoms with Crippen LogP contribution in [0.3, 0.4) is 0 Å². The molecule has 2 heteroatoms. The highest BCUT2D eigenvalue weighted by atomic mass is 15.1. The molecule has 0 fully saturated rings. The van der Waals surface area contributed by atoms with Crippen LogP contribution in [-0.2, 0) is 0 Å². The van der Waals surface area contributed by atoms with Crippen molar-refractivity contribution >= 4 is 34.1 Å². The lowest BCUT2D eigenvalue weighted by atomic mass is 10.1. The zero-order valence-corrected chi connectivity index (χ0v) is 22.1. The lowest BCUT2D eigenvalue weighted by Gasteiger charge is -2.25. The van der Waals surface area contributed by atoms with E-state index in [2.05, 4.69) is 167 Å². The maximum absolute atomic E-state index is 3.38. The number of anilines is 6. The Kier molecular flexibility index (Phi) is 7.38. The van der Waals surface area contributed by atoms with E-state index in [-0.39, 0.29) is 0 Å². The van der Waals surface area contributed by atoms with Crippen molar-refractivity contribution in [3.63, 3.8) is 0 Å². The molecule has 0 saturated heterocycles. The Morgan fingerprint density at radius 2 is 0.625 bits per heavy atom. The Morgan fingerprint density at radius 3 is 1.07 bits per heavy atom. The van der Waals surface area contributed by atoms with Gasteiger partial charge in [-0.2, -0.15) is 0 Å². The van der Waals surface area contributed by atoms with Crippen molar-refractivity contribution in [2.75, 3.05) is 9.80 Å². The molecule has 6 aromatic carbocycles. The zero-order chi connectivity index (χ0) is 27.0. The average Bonchev–Trinajstić information content (AvgIpc) is 3.03. The van der Waals surface area contributed by atoms with E-state index in [4.69, 9.17) is 0 Å². The van der Waals surface area contributed by atoms with Gasteiger partial charge in [-0.15, -0.1) is 0 Å². The third-order valence-electron chi connectivity index (χ3n) is 6.64. The highest BCUT2D eigenvalue weighted by molar-refractivity contribution is 5.78. The first kappa shape index (κ1) is 24.8. The fraction of sp³-hybridized carbons (Fsp3) is 0. The van der Waals surface area contributed by atoms with E-state index in [1.54, 1.807) is 0 Å². The van der Waals surface area contributed by atoms with Crippen LogP contribution in [0.2, 0.25) is 0 Å². The van der Waals surface area contributed by atoms with Gasteiger partial charge in [-0.1, -0.05) is 90.7 Å². The second-order valence-corrected chi connectivity index (χ2v) is 9.36. The minimum Gasteiger partial charge on any atom is -0.311 e. The number of hydrogen-bond donors (Lipinski definition) is 0. The highest BCUT2D eigenvalue weighted by Gasteiger charge is 2.13. The zero-order valence-electron chi connectivity index (χ0n) is 22.1. The van der Waals surface area contributed by atoms with Crippen molar-refractivity contribution in [3.8, 4) is 11.8 Å². The molecule has 6 aromatic rings. The molecule has 0 atom stereocenters. The third-order valence-corrected chi connectivity index (χ3v) is 6.64. The van der Waals surface area contributed by atoms with Crippen molar-refractivity contribution in [3.05, 3.63) is 181 Å². The summed E-state index contributed by atoms with van der Waals surface area (Å²) in [6, 6.07) is 58.5. The molecule has 0 N–H and O–H groups in total. The largest absolute Gasteiger partial charge is 0.311 e. The van der Waals surface area contributed by atoms with Gasteiger partial charge in [0.05, 0.1) is 0 Å². The smallest absolute Gasteiger partial charge is 0.0474 e. The molecule has 0 unspecified atom stereocenters. The van der Waals surface area contributed by atoms with Crippen molar-refractivity contribution in [1.29, 1.82) is 0 Å². The van der Waals surface area contributed by atoms with Crippen LogP contribution in [0.1, 0.15) is 11.1 Å². The van der Waals surface area contributed by atoms with E-state index >= 15 is 0 Å². The molecule has 6 rings (SSSR count). The summed E-state index contributed by atoms with van der Waals surface area (Å²) in [7, 11) is 0. The maximum Gasteiger partial charge on any atom is 0.0474 e. The summed E-state index contributed by atoms with van der Waals surface area (Å²) in [6.45, 7) is 0. The molecule has 0 aliphatic heterocycles. The highest BCUT2D eigenvalue weighted by Crippen LogP contribution is 2.35. The molecule has 190 valence electrons. The minimum atomic E-state index is 0.966. The maximum atomic E-state index is 3.38. The van der Waals surface area contributed by atoms with Gasteiger partial charge >= 0.3 is 0 Å². The Labute approximate surface area is 236 Å². The lowest BCUT2D eigenvalue weighted by molar-refractivity contribution is 1.28. The monoisotopic (exact) mass is 512 g/mol. The summed E-state index contributed by atoms with van der Waals surface area (Å²) in [5.74, 6) is 6.75. The predicted octanol–water partition coefficient (Wildman–Crippen LogP) is 10.0. The second kappa shape index (κ2) is 11.9. The number of nitrogens with zero attached hydrogens (tertiary/aromatic N) is 2. The quantitative estimate of drug-likeness (QED) is 0.205. The summed E-state index contributed by atoms with van der Waals surface area (Å²) < 4.78 is 0. The summed E-state index contributed by atoms with van der Waals surface area (Å²) in [4.78, 5) is 4.50. The van der Waals surface area contributed by atoms with Gasteiger partial charge in [0.15, 0.2) is 0 Å². The van der Waals surface area contributed by atoms with Crippen molar-refractivity contribution in [1.82, 2.24) is 0 Å². The Morgan fingerprint density at radius 1 is 0.275 bits per heavy atom. The molecule has 0 saturated carbocycles. The third kappa shape index (κ3) is 5.65. The van der Waals surface area contributed by atoms with E-state index in [0.717, 1.165) is 45.3 Å². The lowest BCUT2D eigenvalue weighted by Crippen LogP contribution is -2.09. The molecule has 0 aliphatic carbocycles. The Balaban J connectivity index is 1.29. The molecule has 0 aromatic heterocycles. The Bertz CT molecular complexity index is 1640. The number of para-hydroxylation sites is 4. The predicted molar refractivity (Wildman–Crippen MR) is 168 cm³/mol. The molecule has 0 bridgehead atoms. The van der Waals surface area contributed by atoms with Gasteiger partial charge in [0.25, 0.3) is 0 Å². The number of benzene rings is 6. The molecule has 0 spiro atoms. The van der Waals surface area contributed by atoms with Gasteiger partial charge in [0, 0.05) is 45.3 Å². The van der Waals surface area contributed by atoms with Crippen LogP contribution < -0.4 is 9.80 Å². The van der Waals surface area contributed by atoms with E-state index < -0.39 is 0 Å². The molecule has 0 radical (unpaired) electrons. The van der Waals surface area contributed by atoms with Gasteiger partial charge in [-0.3, -0.25) is 0 Å².